The Morgan fingerprint density at radius 3 is 2.53 bits per heavy atom. The van der Waals surface area contributed by atoms with E-state index in [-0.39, 0.29) is 13.5 Å². The molecule has 2 aromatic carbocycles. The second-order valence-corrected chi connectivity index (χ2v) is 9.47. The van der Waals surface area contributed by atoms with Gasteiger partial charge in [0.05, 0.1) is 19.9 Å². The van der Waals surface area contributed by atoms with E-state index in [1.807, 2.05) is 0 Å². The number of aromatic nitrogens is 1. The van der Waals surface area contributed by atoms with Gasteiger partial charge >= 0.3 is 0 Å². The topological polar surface area (TPSA) is 41.7 Å². The Bertz CT molecular complexity index is 1120. The van der Waals surface area contributed by atoms with E-state index in [1.165, 1.54) is 33.4 Å². The maximum atomic E-state index is 5.91. The second-order valence-electron chi connectivity index (χ2n) is 9.47. The molecule has 0 spiro atoms. The van der Waals surface area contributed by atoms with Gasteiger partial charge < -0.3 is 9.15 Å². The quantitative estimate of drug-likeness (QED) is 0.324. The molecule has 1 aromatic heterocycles. The number of ether oxygens (including phenoxy) is 1. The van der Waals surface area contributed by atoms with Gasteiger partial charge in [-0.15, -0.1) is 0 Å². The van der Waals surface area contributed by atoms with Crippen molar-refractivity contribution in [1.29, 1.82) is 0 Å². The van der Waals surface area contributed by atoms with Crippen molar-refractivity contribution in [2.45, 2.75) is 67.1 Å². The third kappa shape index (κ3) is 6.26. The van der Waals surface area contributed by atoms with E-state index in [0.717, 1.165) is 57.2 Å². The van der Waals surface area contributed by atoms with Gasteiger partial charge in [-0.2, -0.15) is 0 Å². The van der Waals surface area contributed by atoms with Crippen LogP contribution in [0.4, 0.5) is 0 Å². The summed E-state index contributed by atoms with van der Waals surface area (Å²) in [6.07, 6.45) is 9.98. The van der Waals surface area contributed by atoms with E-state index >= 15 is 0 Å². The fourth-order valence-corrected chi connectivity index (χ4v) is 5.00. The van der Waals surface area contributed by atoms with Crippen LogP contribution in [0.15, 0.2) is 53.3 Å². The van der Waals surface area contributed by atoms with Gasteiger partial charge in [0.15, 0.2) is 0 Å². The minimum absolute atomic E-state index is 0. The molecule has 0 saturated carbocycles. The Balaban J connectivity index is 0.00000361. The van der Waals surface area contributed by atoms with Gasteiger partial charge in [-0.05, 0) is 60.6 Å². The minimum atomic E-state index is 0. The van der Waals surface area contributed by atoms with Crippen molar-refractivity contribution < 1.29 is 9.15 Å². The van der Waals surface area contributed by atoms with Crippen molar-refractivity contribution in [3.8, 4) is 5.75 Å². The lowest BCUT2D eigenvalue weighted by Gasteiger charge is -2.42. The fourth-order valence-electron chi connectivity index (χ4n) is 5.00. The summed E-state index contributed by atoms with van der Waals surface area (Å²) in [5, 5.41) is 0. The lowest BCUT2D eigenvalue weighted by Crippen LogP contribution is -2.47. The number of oxazole rings is 1. The molecule has 1 atom stereocenters. The number of hydrogen-bond donors (Lipinski definition) is 0. The van der Waals surface area contributed by atoms with Gasteiger partial charge in [0.1, 0.15) is 12.0 Å². The van der Waals surface area contributed by atoms with Crippen LogP contribution in [-0.4, -0.2) is 41.5 Å². The van der Waals surface area contributed by atoms with Crippen LogP contribution < -0.4 is 4.74 Å². The zero-order valence-electron chi connectivity index (χ0n) is 21.9. The molecule has 4 rings (SSSR count). The first-order valence-electron chi connectivity index (χ1n) is 12.8. The number of nitrogens with zero attached hydrogens (tertiary/aromatic N) is 3. The van der Waals surface area contributed by atoms with Crippen LogP contribution in [0.2, 0.25) is 0 Å². The van der Waals surface area contributed by atoms with Crippen LogP contribution in [-0.2, 0) is 19.5 Å². The molecule has 2 heterocycles. The van der Waals surface area contributed by atoms with Gasteiger partial charge in [-0.1, -0.05) is 57.7 Å². The Hall–Kier alpha value is -2.89. The number of methoxy groups -OCH3 is 1. The molecule has 3 aromatic rings. The third-order valence-corrected chi connectivity index (χ3v) is 7.26. The minimum Gasteiger partial charge on any atom is -0.496 e. The molecular weight excluding hydrogens is 446 g/mol. The van der Waals surface area contributed by atoms with E-state index in [9.17, 15) is 0 Å². The fraction of sp³-hybridized carbons (Fsp3) is 0.452. The van der Waals surface area contributed by atoms with Crippen molar-refractivity contribution >= 4 is 6.08 Å². The van der Waals surface area contributed by atoms with Crippen LogP contribution >= 0.6 is 0 Å². The highest BCUT2D eigenvalue weighted by molar-refractivity contribution is 5.64. The molecule has 36 heavy (non-hydrogen) atoms. The van der Waals surface area contributed by atoms with Gasteiger partial charge in [-0.25, -0.2) is 4.98 Å². The molecule has 0 radical (unpaired) electrons. The Labute approximate surface area is 217 Å². The highest BCUT2D eigenvalue weighted by atomic mass is 16.5. The number of benzene rings is 2. The maximum absolute atomic E-state index is 5.91. The zero-order chi connectivity index (χ0) is 24.8. The summed E-state index contributed by atoms with van der Waals surface area (Å²) in [5.74, 6) is 1.76. The van der Waals surface area contributed by atoms with Gasteiger partial charge in [0.25, 0.3) is 0 Å². The molecule has 5 nitrogen and oxygen atoms in total. The Kier molecular flexibility index (Phi) is 9.91. The predicted molar refractivity (Wildman–Crippen MR) is 149 cm³/mol. The van der Waals surface area contributed by atoms with Crippen LogP contribution in [0.25, 0.3) is 6.08 Å². The predicted octanol–water partition coefficient (Wildman–Crippen LogP) is 6.98. The van der Waals surface area contributed by atoms with Gasteiger partial charge in [-0.3, -0.25) is 9.80 Å². The molecular formula is C31H43N3O2. The summed E-state index contributed by atoms with van der Waals surface area (Å²) in [6, 6.07) is 11.6. The van der Waals surface area contributed by atoms with E-state index in [1.54, 1.807) is 19.6 Å². The first-order chi connectivity index (χ1) is 17.0. The molecule has 5 heteroatoms. The molecule has 0 N–H and O–H groups in total. The number of rotatable bonds is 9. The Morgan fingerprint density at radius 2 is 1.89 bits per heavy atom. The highest BCUT2D eigenvalue weighted by Crippen LogP contribution is 2.35. The molecule has 0 aliphatic carbocycles. The number of allylic oxidation sites excluding steroid dienone is 1. The van der Waals surface area contributed by atoms with Gasteiger partial charge in [0.2, 0.25) is 5.89 Å². The van der Waals surface area contributed by atoms with E-state index in [4.69, 9.17) is 9.15 Å². The molecule has 1 fully saturated rings. The summed E-state index contributed by atoms with van der Waals surface area (Å²) in [6.45, 7) is 13.2. The van der Waals surface area contributed by atoms with E-state index in [0.29, 0.717) is 0 Å². The third-order valence-electron chi connectivity index (χ3n) is 7.26. The summed E-state index contributed by atoms with van der Waals surface area (Å²) in [7, 11) is 1.79. The van der Waals surface area contributed by atoms with Crippen LogP contribution in [0, 0.1) is 13.8 Å². The van der Waals surface area contributed by atoms with Crippen molar-refractivity contribution in [3.63, 3.8) is 0 Å². The van der Waals surface area contributed by atoms with Crippen molar-refractivity contribution in [2.75, 3.05) is 26.7 Å². The average Bonchev–Trinajstić information content (AvgIpc) is 3.39. The lowest BCUT2D eigenvalue weighted by molar-refractivity contribution is 0.0582. The maximum Gasteiger partial charge on any atom is 0.208 e. The first kappa shape index (κ1) is 27.7. The molecule has 0 bridgehead atoms. The standard InChI is InChI=1S/C30H39N3O2.CH4/c1-6-8-9-26-23(4)22(3)18-29(34-5)27(26)19-33-16-15-32(21-30-31-14-17-35-30)20-28(33)25-12-10-24(7-2)11-13-25;/h8-14,17-18,28H,6-7,15-16,19-21H2,1-5H3;1H4/b9-8-;. The van der Waals surface area contributed by atoms with Gasteiger partial charge in [0, 0.05) is 37.8 Å². The second kappa shape index (κ2) is 12.9. The normalized spacial score (nSPS) is 16.9. The van der Waals surface area contributed by atoms with Crippen LogP contribution in [0.1, 0.15) is 73.0 Å². The average molecular weight is 490 g/mol. The van der Waals surface area contributed by atoms with Crippen molar-refractivity contribution in [1.82, 2.24) is 14.8 Å². The highest BCUT2D eigenvalue weighted by Gasteiger charge is 2.30. The molecule has 1 unspecified atom stereocenters. The summed E-state index contributed by atoms with van der Waals surface area (Å²) < 4.78 is 11.5. The SMILES string of the molecule is C.CC/C=C\c1c(C)c(C)cc(OC)c1CN1CCN(Cc2ncco2)CC1c1ccc(CC)cc1. The summed E-state index contributed by atoms with van der Waals surface area (Å²) in [5.41, 5.74) is 7.90. The number of aryl methyl sites for hydroxylation is 2. The van der Waals surface area contributed by atoms with Crippen molar-refractivity contribution in [2.24, 2.45) is 0 Å². The van der Waals surface area contributed by atoms with Crippen LogP contribution in [0.5, 0.6) is 5.75 Å². The molecule has 0 amide bonds. The first-order valence-corrected chi connectivity index (χ1v) is 12.8. The summed E-state index contributed by atoms with van der Waals surface area (Å²) >= 11 is 0. The Morgan fingerprint density at radius 1 is 1.11 bits per heavy atom. The summed E-state index contributed by atoms with van der Waals surface area (Å²) in [4.78, 5) is 9.42. The number of piperazine rings is 1. The van der Waals surface area contributed by atoms with Crippen molar-refractivity contribution in [3.05, 3.63) is 88.1 Å². The molecule has 194 valence electrons. The van der Waals surface area contributed by atoms with E-state index in [2.05, 4.69) is 85.0 Å². The molecule has 1 aliphatic heterocycles. The molecule has 1 aliphatic rings. The monoisotopic (exact) mass is 489 g/mol. The molecule has 1 saturated heterocycles. The van der Waals surface area contributed by atoms with Crippen LogP contribution in [0.3, 0.4) is 0 Å². The number of hydrogen-bond acceptors (Lipinski definition) is 5. The zero-order valence-corrected chi connectivity index (χ0v) is 21.9. The smallest absolute Gasteiger partial charge is 0.208 e. The largest absolute Gasteiger partial charge is 0.496 e. The lowest BCUT2D eigenvalue weighted by atomic mass is 9.93. The van der Waals surface area contributed by atoms with E-state index < -0.39 is 0 Å².